The molecule has 2 aromatic heterocycles. The number of nitrogens with zero attached hydrogens (tertiary/aromatic N) is 4. The Morgan fingerprint density at radius 1 is 1.13 bits per heavy atom. The zero-order valence-corrected chi connectivity index (χ0v) is 17.0. The van der Waals surface area contributed by atoms with Gasteiger partial charge in [0.25, 0.3) is 5.91 Å². The quantitative estimate of drug-likeness (QED) is 0.568. The Balaban J connectivity index is 1.62. The summed E-state index contributed by atoms with van der Waals surface area (Å²) in [4.78, 5) is 24.8. The molecule has 1 atom stereocenters. The van der Waals surface area contributed by atoms with Crippen molar-refractivity contribution < 1.29 is 19.1 Å². The highest BCUT2D eigenvalue weighted by molar-refractivity contribution is 5.93. The summed E-state index contributed by atoms with van der Waals surface area (Å²) >= 11 is 0. The summed E-state index contributed by atoms with van der Waals surface area (Å²) in [5, 5.41) is 14.9. The summed E-state index contributed by atoms with van der Waals surface area (Å²) in [5.41, 5.74) is 1.72. The van der Waals surface area contributed by atoms with E-state index < -0.39 is 12.1 Å². The van der Waals surface area contributed by atoms with Crippen LogP contribution in [-0.2, 0) is 16.1 Å². The number of ether oxygens (including phenoxy) is 2. The fourth-order valence-corrected chi connectivity index (χ4v) is 2.70. The molecule has 0 aliphatic rings. The Kier molecular flexibility index (Phi) is 6.74. The molecule has 3 rings (SSSR count). The predicted octanol–water partition coefficient (Wildman–Crippen LogP) is 2.23. The predicted molar refractivity (Wildman–Crippen MR) is 108 cm³/mol. The van der Waals surface area contributed by atoms with Crippen molar-refractivity contribution >= 4 is 11.9 Å². The van der Waals surface area contributed by atoms with Gasteiger partial charge < -0.3 is 14.8 Å². The molecule has 156 valence electrons. The van der Waals surface area contributed by atoms with Gasteiger partial charge in [-0.05, 0) is 32.4 Å². The highest BCUT2D eigenvalue weighted by atomic mass is 16.5. The van der Waals surface area contributed by atoms with E-state index in [0.717, 1.165) is 5.56 Å². The minimum atomic E-state index is -0.950. The number of esters is 1. The Hall–Kier alpha value is -3.75. The molecule has 0 bridgehead atoms. The first-order chi connectivity index (χ1) is 14.5. The summed E-state index contributed by atoms with van der Waals surface area (Å²) < 4.78 is 12.0. The van der Waals surface area contributed by atoms with E-state index in [1.807, 2.05) is 37.3 Å². The Labute approximate surface area is 174 Å². The Morgan fingerprint density at radius 3 is 2.57 bits per heavy atom. The fourth-order valence-electron chi connectivity index (χ4n) is 2.70. The molecule has 0 saturated heterocycles. The first kappa shape index (κ1) is 21.0. The summed E-state index contributed by atoms with van der Waals surface area (Å²) in [6, 6.07) is 12.8. The lowest BCUT2D eigenvalue weighted by atomic mass is 10.2. The lowest BCUT2D eigenvalue weighted by molar-refractivity contribution is -0.129. The average Bonchev–Trinajstić information content (AvgIpc) is 3.15. The minimum absolute atomic E-state index is 0.244. The van der Waals surface area contributed by atoms with Crippen molar-refractivity contribution in [1.82, 2.24) is 25.3 Å². The third kappa shape index (κ3) is 4.99. The first-order valence-corrected chi connectivity index (χ1v) is 9.53. The van der Waals surface area contributed by atoms with Gasteiger partial charge in [0.05, 0.1) is 18.5 Å². The van der Waals surface area contributed by atoms with E-state index in [2.05, 4.69) is 20.6 Å². The topological polar surface area (TPSA) is 108 Å². The van der Waals surface area contributed by atoms with Gasteiger partial charge in [-0.3, -0.25) is 4.79 Å². The standard InChI is InChI=1S/C21H23N5O4/c1-4-29-19-11-10-18(24-25-19)26-14(2)17(13-23-26)21(28)30-15(3)20(27)22-12-16-8-6-5-7-9-16/h5-11,13,15H,4,12H2,1-3H3,(H,22,27)/t15-/m0/s1. The van der Waals surface area contributed by atoms with Gasteiger partial charge in [0.15, 0.2) is 11.9 Å². The van der Waals surface area contributed by atoms with Gasteiger partial charge in [0.1, 0.15) is 5.56 Å². The van der Waals surface area contributed by atoms with Crippen LogP contribution in [0, 0.1) is 6.92 Å². The summed E-state index contributed by atoms with van der Waals surface area (Å²) in [6.45, 7) is 5.93. The van der Waals surface area contributed by atoms with Gasteiger partial charge in [0, 0.05) is 12.6 Å². The monoisotopic (exact) mass is 409 g/mol. The second-order valence-electron chi connectivity index (χ2n) is 6.47. The van der Waals surface area contributed by atoms with Gasteiger partial charge >= 0.3 is 5.97 Å². The number of aromatic nitrogens is 4. The first-order valence-electron chi connectivity index (χ1n) is 9.53. The van der Waals surface area contributed by atoms with Crippen molar-refractivity contribution in [3.8, 4) is 11.7 Å². The number of amides is 1. The van der Waals surface area contributed by atoms with Crippen molar-refractivity contribution in [3.63, 3.8) is 0 Å². The maximum absolute atomic E-state index is 12.5. The number of hydrogen-bond acceptors (Lipinski definition) is 7. The van der Waals surface area contributed by atoms with E-state index in [-0.39, 0.29) is 11.5 Å². The number of carbonyl (C=O) groups excluding carboxylic acids is 2. The Morgan fingerprint density at radius 2 is 1.90 bits per heavy atom. The molecule has 3 aromatic rings. The van der Waals surface area contributed by atoms with Crippen LogP contribution in [0.3, 0.4) is 0 Å². The number of benzene rings is 1. The molecule has 0 fully saturated rings. The van der Waals surface area contributed by atoms with Crippen molar-refractivity contribution in [2.75, 3.05) is 6.61 Å². The molecule has 0 saturated carbocycles. The van der Waals surface area contributed by atoms with Crippen LogP contribution in [0.15, 0.2) is 48.7 Å². The van der Waals surface area contributed by atoms with Crippen LogP contribution in [0.5, 0.6) is 5.88 Å². The molecule has 2 heterocycles. The lowest BCUT2D eigenvalue weighted by Gasteiger charge is -2.13. The second-order valence-corrected chi connectivity index (χ2v) is 6.47. The zero-order chi connectivity index (χ0) is 21.5. The van der Waals surface area contributed by atoms with Gasteiger partial charge in [-0.15, -0.1) is 10.2 Å². The van der Waals surface area contributed by atoms with E-state index in [9.17, 15) is 9.59 Å². The number of carbonyl (C=O) groups is 2. The van der Waals surface area contributed by atoms with Crippen molar-refractivity contribution in [1.29, 1.82) is 0 Å². The van der Waals surface area contributed by atoms with Crippen molar-refractivity contribution in [3.05, 3.63) is 65.5 Å². The molecule has 30 heavy (non-hydrogen) atoms. The van der Waals surface area contributed by atoms with Crippen LogP contribution in [0.4, 0.5) is 0 Å². The number of nitrogens with one attached hydrogen (secondary N) is 1. The van der Waals surface area contributed by atoms with Crippen LogP contribution in [0.1, 0.15) is 35.5 Å². The summed E-state index contributed by atoms with van der Waals surface area (Å²) in [5.74, 6) is -0.181. The van der Waals surface area contributed by atoms with Crippen LogP contribution in [0.25, 0.3) is 5.82 Å². The van der Waals surface area contributed by atoms with Crippen LogP contribution in [-0.4, -0.2) is 44.6 Å². The summed E-state index contributed by atoms with van der Waals surface area (Å²) in [7, 11) is 0. The Bertz CT molecular complexity index is 1000. The normalized spacial score (nSPS) is 11.6. The van der Waals surface area contributed by atoms with E-state index in [4.69, 9.17) is 9.47 Å². The molecule has 0 radical (unpaired) electrons. The molecule has 1 N–H and O–H groups in total. The van der Waals surface area contributed by atoms with E-state index >= 15 is 0 Å². The third-order valence-electron chi connectivity index (χ3n) is 4.33. The van der Waals surface area contributed by atoms with Crippen LogP contribution < -0.4 is 10.1 Å². The maximum Gasteiger partial charge on any atom is 0.342 e. The smallest absolute Gasteiger partial charge is 0.342 e. The molecule has 9 nitrogen and oxygen atoms in total. The second kappa shape index (κ2) is 9.64. The molecule has 9 heteroatoms. The highest BCUT2D eigenvalue weighted by Gasteiger charge is 2.22. The molecular weight excluding hydrogens is 386 g/mol. The number of rotatable bonds is 8. The average molecular weight is 409 g/mol. The lowest BCUT2D eigenvalue weighted by Crippen LogP contribution is -2.35. The molecule has 0 aliphatic carbocycles. The van der Waals surface area contributed by atoms with Crippen molar-refractivity contribution in [2.45, 2.75) is 33.4 Å². The van der Waals surface area contributed by atoms with Gasteiger partial charge in [-0.2, -0.15) is 5.10 Å². The molecule has 1 amide bonds. The van der Waals surface area contributed by atoms with Gasteiger partial charge in [0.2, 0.25) is 5.88 Å². The minimum Gasteiger partial charge on any atom is -0.477 e. The molecule has 1 aromatic carbocycles. The van der Waals surface area contributed by atoms with E-state index in [0.29, 0.717) is 30.5 Å². The third-order valence-corrected chi connectivity index (χ3v) is 4.33. The van der Waals surface area contributed by atoms with Gasteiger partial charge in [-0.25, -0.2) is 9.48 Å². The van der Waals surface area contributed by atoms with E-state index in [1.165, 1.54) is 17.8 Å². The van der Waals surface area contributed by atoms with Crippen LogP contribution >= 0.6 is 0 Å². The SMILES string of the molecule is CCOc1ccc(-n2ncc(C(=O)O[C@@H](C)C(=O)NCc3ccccc3)c2C)nn1. The van der Waals surface area contributed by atoms with Crippen LogP contribution in [0.2, 0.25) is 0 Å². The van der Waals surface area contributed by atoms with E-state index in [1.54, 1.807) is 19.1 Å². The maximum atomic E-state index is 12.5. The molecule has 0 aliphatic heterocycles. The molecule has 0 spiro atoms. The van der Waals surface area contributed by atoms with Gasteiger partial charge in [-0.1, -0.05) is 30.3 Å². The largest absolute Gasteiger partial charge is 0.477 e. The fraction of sp³-hybridized carbons (Fsp3) is 0.286. The molecule has 0 unspecified atom stereocenters. The zero-order valence-electron chi connectivity index (χ0n) is 17.0. The van der Waals surface area contributed by atoms with Crippen molar-refractivity contribution in [2.24, 2.45) is 0 Å². The number of hydrogen-bond donors (Lipinski definition) is 1. The summed E-state index contributed by atoms with van der Waals surface area (Å²) in [6.07, 6.45) is 0.430. The molecular formula is C21H23N5O4. The highest BCUT2D eigenvalue weighted by Crippen LogP contribution is 2.15.